The van der Waals surface area contributed by atoms with Gasteiger partial charge >= 0.3 is 6.09 Å². The van der Waals surface area contributed by atoms with Crippen LogP contribution in [0.1, 0.15) is 45.2 Å². The van der Waals surface area contributed by atoms with Crippen LogP contribution in [0.15, 0.2) is 23.2 Å². The Kier molecular flexibility index (Phi) is 12.6. The molecule has 0 aliphatic rings. The van der Waals surface area contributed by atoms with Crippen molar-refractivity contribution in [2.75, 3.05) is 26.7 Å². The Morgan fingerprint density at radius 3 is 2.43 bits per heavy atom. The summed E-state index contributed by atoms with van der Waals surface area (Å²) in [5.74, 6) is 1.55. The molecule has 160 valence electrons. The molecule has 0 spiro atoms. The Hall–Kier alpha value is -1.71. The zero-order valence-electron chi connectivity index (χ0n) is 17.8. The van der Waals surface area contributed by atoms with Crippen molar-refractivity contribution in [3.05, 3.63) is 29.3 Å². The number of carbonyl (C=O) groups excluding carboxylic acids is 1. The Bertz CT molecular complexity index is 630. The lowest BCUT2D eigenvalue weighted by Gasteiger charge is -2.20. The van der Waals surface area contributed by atoms with Crippen molar-refractivity contribution in [3.63, 3.8) is 0 Å². The number of aryl methyl sites for hydroxylation is 1. The number of benzene rings is 1. The molecule has 1 rings (SSSR count). The van der Waals surface area contributed by atoms with E-state index in [9.17, 15) is 4.79 Å². The number of nitrogens with one attached hydrogen (secondary N) is 3. The normalized spacial score (nSPS) is 11.3. The monoisotopic (exact) mass is 506 g/mol. The molecule has 0 saturated heterocycles. The van der Waals surface area contributed by atoms with E-state index in [4.69, 9.17) is 9.47 Å². The SMILES string of the molecule is CCCOc1cc(C)ccc1CNC(=NC)NCCNC(=O)OC(C)(C)C.I. The number of guanidine groups is 1. The van der Waals surface area contributed by atoms with Gasteiger partial charge in [0.25, 0.3) is 0 Å². The highest BCUT2D eigenvalue weighted by Crippen LogP contribution is 2.20. The van der Waals surface area contributed by atoms with E-state index < -0.39 is 11.7 Å². The third kappa shape index (κ3) is 11.2. The standard InChI is InChI=1S/C20H34N4O3.HI/c1-7-12-26-17-13-15(2)8-9-16(17)14-24-18(21-6)22-10-11-23-19(25)27-20(3,4)5;/h8-9,13H,7,10-12,14H2,1-6H3,(H,23,25)(H2,21,22,24);1H. The van der Waals surface area contributed by atoms with Crippen molar-refractivity contribution in [2.45, 2.75) is 53.2 Å². The first-order valence-electron chi connectivity index (χ1n) is 9.39. The van der Waals surface area contributed by atoms with Crippen LogP contribution in [0.3, 0.4) is 0 Å². The van der Waals surface area contributed by atoms with Gasteiger partial charge in [-0.3, -0.25) is 4.99 Å². The lowest BCUT2D eigenvalue weighted by atomic mass is 10.1. The molecule has 7 nitrogen and oxygen atoms in total. The van der Waals surface area contributed by atoms with Crippen LogP contribution in [0.4, 0.5) is 4.79 Å². The number of rotatable bonds is 8. The predicted octanol–water partition coefficient (Wildman–Crippen LogP) is 3.59. The fourth-order valence-corrected chi connectivity index (χ4v) is 2.21. The molecule has 0 atom stereocenters. The van der Waals surface area contributed by atoms with Gasteiger partial charge in [0.15, 0.2) is 5.96 Å². The molecule has 0 saturated carbocycles. The first-order chi connectivity index (χ1) is 12.7. The van der Waals surface area contributed by atoms with Crippen molar-refractivity contribution < 1.29 is 14.3 Å². The number of hydrogen-bond donors (Lipinski definition) is 3. The number of amides is 1. The van der Waals surface area contributed by atoms with Crippen molar-refractivity contribution in [1.82, 2.24) is 16.0 Å². The zero-order chi connectivity index (χ0) is 20.3. The number of ether oxygens (including phenoxy) is 2. The van der Waals surface area contributed by atoms with Gasteiger partial charge in [0, 0.05) is 32.2 Å². The molecule has 0 fully saturated rings. The minimum absolute atomic E-state index is 0. The molecule has 8 heteroatoms. The van der Waals surface area contributed by atoms with Crippen molar-refractivity contribution in [2.24, 2.45) is 4.99 Å². The lowest BCUT2D eigenvalue weighted by molar-refractivity contribution is 0.0529. The maximum absolute atomic E-state index is 11.6. The van der Waals surface area contributed by atoms with Crippen LogP contribution >= 0.6 is 24.0 Å². The van der Waals surface area contributed by atoms with Crippen LogP contribution in [0.25, 0.3) is 0 Å². The first kappa shape index (κ1) is 26.3. The Labute approximate surface area is 186 Å². The molecule has 0 aromatic heterocycles. The van der Waals surface area contributed by atoms with Crippen LogP contribution in [0, 0.1) is 6.92 Å². The summed E-state index contributed by atoms with van der Waals surface area (Å²) in [6, 6.07) is 6.18. The second-order valence-electron chi connectivity index (χ2n) is 7.24. The molecule has 1 amide bonds. The smallest absolute Gasteiger partial charge is 0.407 e. The summed E-state index contributed by atoms with van der Waals surface area (Å²) in [4.78, 5) is 15.8. The van der Waals surface area contributed by atoms with Crippen molar-refractivity contribution >= 4 is 36.0 Å². The number of aliphatic imine (C=N–C) groups is 1. The fourth-order valence-electron chi connectivity index (χ4n) is 2.21. The second kappa shape index (κ2) is 13.5. The molecule has 1 aromatic carbocycles. The number of alkyl carbamates (subject to hydrolysis) is 1. The molecule has 0 radical (unpaired) electrons. The number of hydrogen-bond acceptors (Lipinski definition) is 4. The summed E-state index contributed by atoms with van der Waals surface area (Å²) >= 11 is 0. The van der Waals surface area contributed by atoms with Gasteiger partial charge in [-0.25, -0.2) is 4.79 Å². The molecule has 3 N–H and O–H groups in total. The topological polar surface area (TPSA) is 84.0 Å². The van der Waals surface area contributed by atoms with Crippen molar-refractivity contribution in [3.8, 4) is 5.75 Å². The van der Waals surface area contributed by atoms with Crippen LogP contribution < -0.4 is 20.7 Å². The van der Waals surface area contributed by atoms with Crippen LogP contribution in [0.2, 0.25) is 0 Å². The minimum atomic E-state index is -0.499. The minimum Gasteiger partial charge on any atom is -0.493 e. The van der Waals surface area contributed by atoms with Crippen LogP contribution in [-0.4, -0.2) is 44.4 Å². The lowest BCUT2D eigenvalue weighted by Crippen LogP contribution is -2.42. The van der Waals surface area contributed by atoms with E-state index in [0.29, 0.717) is 32.2 Å². The summed E-state index contributed by atoms with van der Waals surface area (Å²) in [6.07, 6.45) is 0.541. The average Bonchev–Trinajstić information content (AvgIpc) is 2.59. The van der Waals surface area contributed by atoms with Gasteiger partial charge in [-0.1, -0.05) is 19.1 Å². The molecular weight excluding hydrogens is 471 g/mol. The summed E-state index contributed by atoms with van der Waals surface area (Å²) in [5, 5.41) is 9.13. The maximum Gasteiger partial charge on any atom is 0.407 e. The molecule has 28 heavy (non-hydrogen) atoms. The Morgan fingerprint density at radius 2 is 1.82 bits per heavy atom. The molecule has 0 aliphatic heterocycles. The Morgan fingerprint density at radius 1 is 1.14 bits per heavy atom. The molecular formula is C20H35IN4O3. The molecule has 0 heterocycles. The van der Waals surface area contributed by atoms with E-state index in [0.717, 1.165) is 17.7 Å². The zero-order valence-corrected chi connectivity index (χ0v) is 20.2. The third-order valence-electron chi connectivity index (χ3n) is 3.44. The van der Waals surface area contributed by atoms with Gasteiger partial charge in [-0.15, -0.1) is 24.0 Å². The van der Waals surface area contributed by atoms with Gasteiger partial charge in [0.05, 0.1) is 6.61 Å². The predicted molar refractivity (Wildman–Crippen MR) is 125 cm³/mol. The van der Waals surface area contributed by atoms with Gasteiger partial charge < -0.3 is 25.4 Å². The quantitative estimate of drug-likeness (QED) is 0.217. The van der Waals surface area contributed by atoms with Crippen LogP contribution in [0.5, 0.6) is 5.75 Å². The van der Waals surface area contributed by atoms with Crippen molar-refractivity contribution in [1.29, 1.82) is 0 Å². The van der Waals surface area contributed by atoms with Gasteiger partial charge in [0.2, 0.25) is 0 Å². The van der Waals surface area contributed by atoms with E-state index in [2.05, 4.69) is 40.0 Å². The molecule has 1 aromatic rings. The third-order valence-corrected chi connectivity index (χ3v) is 3.44. The van der Waals surface area contributed by atoms with E-state index in [1.807, 2.05) is 33.8 Å². The van der Waals surface area contributed by atoms with E-state index in [1.54, 1.807) is 7.05 Å². The highest BCUT2D eigenvalue weighted by molar-refractivity contribution is 14.0. The number of nitrogens with zero attached hydrogens (tertiary/aromatic N) is 1. The van der Waals surface area contributed by atoms with Gasteiger partial charge in [0.1, 0.15) is 11.4 Å². The van der Waals surface area contributed by atoms with Gasteiger partial charge in [-0.05, 0) is 45.7 Å². The van der Waals surface area contributed by atoms with Crippen LogP contribution in [-0.2, 0) is 11.3 Å². The molecule has 0 unspecified atom stereocenters. The highest BCUT2D eigenvalue weighted by Gasteiger charge is 2.15. The van der Waals surface area contributed by atoms with E-state index in [1.165, 1.54) is 5.56 Å². The number of halogens is 1. The van der Waals surface area contributed by atoms with Gasteiger partial charge in [-0.2, -0.15) is 0 Å². The highest BCUT2D eigenvalue weighted by atomic mass is 127. The molecule has 0 aliphatic carbocycles. The first-order valence-corrected chi connectivity index (χ1v) is 9.39. The summed E-state index contributed by atoms with van der Waals surface area (Å²) in [5.41, 5.74) is 1.74. The average molecular weight is 506 g/mol. The fraction of sp³-hybridized carbons (Fsp3) is 0.600. The number of carbonyl (C=O) groups is 1. The second-order valence-corrected chi connectivity index (χ2v) is 7.24. The summed E-state index contributed by atoms with van der Waals surface area (Å²) in [7, 11) is 1.71. The largest absolute Gasteiger partial charge is 0.493 e. The summed E-state index contributed by atoms with van der Waals surface area (Å²) in [6.45, 7) is 11.9. The Balaban J connectivity index is 0.00000729. The van der Waals surface area contributed by atoms with E-state index >= 15 is 0 Å². The van der Waals surface area contributed by atoms with E-state index in [-0.39, 0.29) is 24.0 Å². The molecule has 0 bridgehead atoms. The maximum atomic E-state index is 11.6. The summed E-state index contributed by atoms with van der Waals surface area (Å²) < 4.78 is 11.0.